The number of nitrogens with zero attached hydrogens (tertiary/aromatic N) is 1. The third-order valence-corrected chi connectivity index (χ3v) is 5.93. The number of carbonyl (C=O) groups is 1. The molecule has 1 fully saturated rings. The van der Waals surface area contributed by atoms with Gasteiger partial charge in [0.15, 0.2) is 0 Å². The summed E-state index contributed by atoms with van der Waals surface area (Å²) in [4.78, 5) is 17.4. The smallest absolute Gasteiger partial charge is 0.345 e. The number of alkyl halides is 1. The summed E-state index contributed by atoms with van der Waals surface area (Å²) < 4.78 is 33.8. The fourth-order valence-electron chi connectivity index (χ4n) is 3.48. The number of esters is 1. The normalized spacial score (nSPS) is 23.8. The number of hydrogen-bond donors (Lipinski definition) is 0. The standard InChI is InChI=1S/C21H17F2NO2S/c1-2-26-20(25)21(23)17(13-6-4-3-5-7-13)18(21)16-12-24-19(27-16)14-8-10-15(22)11-9-14/h3-12,17-18H,2H2,1H3. The number of thiazole rings is 1. The van der Waals surface area contributed by atoms with Gasteiger partial charge in [0.1, 0.15) is 10.8 Å². The molecule has 1 aliphatic carbocycles. The van der Waals surface area contributed by atoms with Gasteiger partial charge in [0, 0.05) is 22.6 Å². The minimum absolute atomic E-state index is 0.127. The van der Waals surface area contributed by atoms with Gasteiger partial charge in [0.05, 0.1) is 12.5 Å². The average Bonchev–Trinajstić information content (AvgIpc) is 3.06. The zero-order valence-electron chi connectivity index (χ0n) is 14.6. The first-order valence-electron chi connectivity index (χ1n) is 8.68. The lowest BCUT2D eigenvalue weighted by Gasteiger charge is -2.07. The maximum absolute atomic E-state index is 15.7. The summed E-state index contributed by atoms with van der Waals surface area (Å²) in [5.41, 5.74) is -0.579. The molecule has 138 valence electrons. The van der Waals surface area contributed by atoms with E-state index in [4.69, 9.17) is 4.74 Å². The highest BCUT2D eigenvalue weighted by molar-refractivity contribution is 7.15. The van der Waals surface area contributed by atoms with E-state index in [0.29, 0.717) is 9.88 Å². The van der Waals surface area contributed by atoms with Crippen molar-refractivity contribution in [1.29, 1.82) is 0 Å². The number of hydrogen-bond acceptors (Lipinski definition) is 4. The molecule has 1 heterocycles. The molecule has 0 spiro atoms. The number of rotatable bonds is 5. The first-order chi connectivity index (χ1) is 13.1. The molecule has 4 rings (SSSR count). The Balaban J connectivity index is 1.69. The summed E-state index contributed by atoms with van der Waals surface area (Å²) in [5.74, 6) is -2.39. The number of carbonyl (C=O) groups excluding carboxylic acids is 1. The molecule has 0 aliphatic heterocycles. The van der Waals surface area contributed by atoms with Crippen LogP contribution in [0.4, 0.5) is 8.78 Å². The van der Waals surface area contributed by atoms with E-state index in [0.717, 1.165) is 11.1 Å². The number of aromatic nitrogens is 1. The predicted octanol–water partition coefficient (Wildman–Crippen LogP) is 5.10. The molecule has 3 atom stereocenters. The van der Waals surface area contributed by atoms with Gasteiger partial charge in [-0.3, -0.25) is 0 Å². The van der Waals surface area contributed by atoms with Crippen molar-refractivity contribution in [3.8, 4) is 10.6 Å². The topological polar surface area (TPSA) is 39.2 Å². The van der Waals surface area contributed by atoms with E-state index in [2.05, 4.69) is 4.98 Å². The van der Waals surface area contributed by atoms with Crippen LogP contribution >= 0.6 is 11.3 Å². The Kier molecular flexibility index (Phi) is 4.52. The van der Waals surface area contributed by atoms with Crippen molar-refractivity contribution in [1.82, 2.24) is 4.98 Å². The third kappa shape index (κ3) is 3.04. The molecule has 3 nitrogen and oxygen atoms in total. The summed E-state index contributed by atoms with van der Waals surface area (Å²) >= 11 is 1.32. The van der Waals surface area contributed by atoms with Crippen LogP contribution in [-0.2, 0) is 9.53 Å². The van der Waals surface area contributed by atoms with Crippen LogP contribution in [0, 0.1) is 5.82 Å². The van der Waals surface area contributed by atoms with Crippen LogP contribution in [0.3, 0.4) is 0 Å². The van der Waals surface area contributed by atoms with E-state index in [1.165, 1.54) is 23.5 Å². The number of ether oxygens (including phenoxy) is 1. The van der Waals surface area contributed by atoms with Gasteiger partial charge in [0.2, 0.25) is 5.67 Å². The van der Waals surface area contributed by atoms with Gasteiger partial charge in [-0.15, -0.1) is 11.3 Å². The van der Waals surface area contributed by atoms with Gasteiger partial charge >= 0.3 is 5.97 Å². The van der Waals surface area contributed by atoms with Crippen LogP contribution in [0.1, 0.15) is 29.2 Å². The second-order valence-electron chi connectivity index (χ2n) is 6.43. The molecule has 0 N–H and O–H groups in total. The van der Waals surface area contributed by atoms with Crippen molar-refractivity contribution in [2.45, 2.75) is 24.4 Å². The van der Waals surface area contributed by atoms with Gasteiger partial charge < -0.3 is 4.74 Å². The monoisotopic (exact) mass is 385 g/mol. The lowest BCUT2D eigenvalue weighted by atomic mass is 10.1. The fraction of sp³-hybridized carbons (Fsp3) is 0.238. The van der Waals surface area contributed by atoms with Crippen LogP contribution < -0.4 is 0 Å². The predicted molar refractivity (Wildman–Crippen MR) is 99.9 cm³/mol. The number of halogens is 2. The first-order valence-corrected chi connectivity index (χ1v) is 9.50. The molecule has 0 radical (unpaired) electrons. The minimum atomic E-state index is -2.09. The average molecular weight is 385 g/mol. The summed E-state index contributed by atoms with van der Waals surface area (Å²) in [6, 6.07) is 15.1. The summed E-state index contributed by atoms with van der Waals surface area (Å²) in [7, 11) is 0. The molecular formula is C21H17F2NO2S. The molecule has 0 saturated heterocycles. The summed E-state index contributed by atoms with van der Waals surface area (Å²) in [5, 5.41) is 0.662. The fourth-order valence-corrected chi connectivity index (χ4v) is 4.60. The quantitative estimate of drug-likeness (QED) is 0.574. The van der Waals surface area contributed by atoms with Gasteiger partial charge in [-0.05, 0) is 36.8 Å². The van der Waals surface area contributed by atoms with Crippen molar-refractivity contribution >= 4 is 17.3 Å². The second-order valence-corrected chi connectivity index (χ2v) is 7.49. The molecule has 0 bridgehead atoms. The minimum Gasteiger partial charge on any atom is -0.464 e. The maximum atomic E-state index is 15.7. The molecular weight excluding hydrogens is 368 g/mol. The van der Waals surface area contributed by atoms with Crippen LogP contribution in [0.25, 0.3) is 10.6 Å². The van der Waals surface area contributed by atoms with Crippen LogP contribution in [0.2, 0.25) is 0 Å². The SMILES string of the molecule is CCOC(=O)C1(F)C(c2ccccc2)C1c1cnc(-c2ccc(F)cc2)s1. The molecule has 0 amide bonds. The van der Waals surface area contributed by atoms with Crippen LogP contribution in [0.5, 0.6) is 0 Å². The lowest BCUT2D eigenvalue weighted by Crippen LogP contribution is -2.23. The van der Waals surface area contributed by atoms with Gasteiger partial charge in [-0.2, -0.15) is 0 Å². The Morgan fingerprint density at radius 3 is 2.52 bits per heavy atom. The Morgan fingerprint density at radius 2 is 1.85 bits per heavy atom. The Labute approximate surface area is 159 Å². The Hall–Kier alpha value is -2.60. The Bertz CT molecular complexity index is 958. The van der Waals surface area contributed by atoms with Gasteiger partial charge in [0.25, 0.3) is 0 Å². The van der Waals surface area contributed by atoms with E-state index in [9.17, 15) is 9.18 Å². The molecule has 3 aromatic rings. The molecule has 27 heavy (non-hydrogen) atoms. The van der Waals surface area contributed by atoms with Gasteiger partial charge in [-0.1, -0.05) is 30.3 Å². The van der Waals surface area contributed by atoms with Crippen LogP contribution in [0.15, 0.2) is 60.8 Å². The molecule has 1 saturated carbocycles. The van der Waals surface area contributed by atoms with Gasteiger partial charge in [-0.25, -0.2) is 18.6 Å². The highest BCUT2D eigenvalue weighted by atomic mass is 32.1. The Morgan fingerprint density at radius 1 is 1.15 bits per heavy atom. The summed E-state index contributed by atoms with van der Waals surface area (Å²) in [6.07, 6.45) is 1.60. The zero-order valence-corrected chi connectivity index (χ0v) is 15.4. The highest BCUT2D eigenvalue weighted by Crippen LogP contribution is 2.67. The van der Waals surface area contributed by atoms with Crippen molar-refractivity contribution in [2.24, 2.45) is 0 Å². The lowest BCUT2D eigenvalue weighted by molar-refractivity contribution is -0.151. The molecule has 1 aliphatic rings. The van der Waals surface area contributed by atoms with E-state index >= 15 is 4.39 Å². The van der Waals surface area contributed by atoms with Crippen molar-refractivity contribution in [3.05, 3.63) is 77.1 Å². The largest absolute Gasteiger partial charge is 0.464 e. The summed E-state index contributed by atoms with van der Waals surface area (Å²) in [6.45, 7) is 1.79. The molecule has 6 heteroatoms. The van der Waals surface area contributed by atoms with Crippen molar-refractivity contribution in [2.75, 3.05) is 6.61 Å². The zero-order chi connectivity index (χ0) is 19.0. The number of benzene rings is 2. The highest BCUT2D eigenvalue weighted by Gasteiger charge is 2.74. The van der Waals surface area contributed by atoms with Crippen molar-refractivity contribution < 1.29 is 18.3 Å². The molecule has 2 aromatic carbocycles. The molecule has 3 unspecified atom stereocenters. The van der Waals surface area contributed by atoms with Crippen molar-refractivity contribution in [3.63, 3.8) is 0 Å². The molecule has 1 aromatic heterocycles. The van der Waals surface area contributed by atoms with E-state index in [1.807, 2.05) is 30.3 Å². The first kappa shape index (κ1) is 17.8. The van der Waals surface area contributed by atoms with E-state index in [1.54, 1.807) is 25.3 Å². The van der Waals surface area contributed by atoms with Crippen LogP contribution in [-0.4, -0.2) is 23.2 Å². The maximum Gasteiger partial charge on any atom is 0.345 e. The van der Waals surface area contributed by atoms with E-state index in [-0.39, 0.29) is 12.4 Å². The third-order valence-electron chi connectivity index (χ3n) is 4.80. The van der Waals surface area contributed by atoms with E-state index < -0.39 is 23.5 Å². The second kappa shape index (κ2) is 6.85.